The first-order valence-electron chi connectivity index (χ1n) is 7.21. The van der Waals surface area contributed by atoms with Crippen molar-refractivity contribution in [3.8, 4) is 0 Å². The SMILES string of the molecule is C=CCNC(=O)c1nc(C(=O)Nc2cc(C)on2)c2ccccn12. The van der Waals surface area contributed by atoms with E-state index < -0.39 is 11.8 Å². The number of nitrogens with one attached hydrogen (secondary N) is 2. The number of pyridine rings is 1. The van der Waals surface area contributed by atoms with E-state index in [4.69, 9.17) is 4.52 Å². The predicted molar refractivity (Wildman–Crippen MR) is 86.9 cm³/mol. The Balaban J connectivity index is 1.97. The third kappa shape index (κ3) is 2.89. The molecule has 0 fully saturated rings. The molecule has 8 heteroatoms. The highest BCUT2D eigenvalue weighted by Gasteiger charge is 2.21. The number of amides is 2. The number of fused-ring (bicyclic) bond motifs is 1. The van der Waals surface area contributed by atoms with Gasteiger partial charge in [0.25, 0.3) is 11.8 Å². The van der Waals surface area contributed by atoms with Gasteiger partial charge in [-0.25, -0.2) is 4.98 Å². The topological polar surface area (TPSA) is 102 Å². The number of nitrogens with zero attached hydrogens (tertiary/aromatic N) is 3. The van der Waals surface area contributed by atoms with Crippen LogP contribution in [0.5, 0.6) is 0 Å². The van der Waals surface area contributed by atoms with Crippen LogP contribution in [-0.4, -0.2) is 32.9 Å². The fourth-order valence-electron chi connectivity index (χ4n) is 2.21. The molecule has 0 radical (unpaired) electrons. The lowest BCUT2D eigenvalue weighted by atomic mass is 10.3. The van der Waals surface area contributed by atoms with Gasteiger partial charge in [-0.05, 0) is 19.1 Å². The van der Waals surface area contributed by atoms with Crippen LogP contribution >= 0.6 is 0 Å². The Morgan fingerprint density at radius 1 is 1.38 bits per heavy atom. The largest absolute Gasteiger partial charge is 0.360 e. The van der Waals surface area contributed by atoms with Crippen LogP contribution in [0, 0.1) is 6.92 Å². The van der Waals surface area contributed by atoms with Crippen LogP contribution in [0.1, 0.15) is 26.9 Å². The molecular weight excluding hydrogens is 310 g/mol. The molecule has 0 aliphatic heterocycles. The van der Waals surface area contributed by atoms with E-state index >= 15 is 0 Å². The molecule has 0 bridgehead atoms. The summed E-state index contributed by atoms with van der Waals surface area (Å²) in [7, 11) is 0. The molecule has 2 N–H and O–H groups in total. The average molecular weight is 325 g/mol. The molecule has 3 heterocycles. The van der Waals surface area contributed by atoms with Crippen molar-refractivity contribution in [1.82, 2.24) is 19.9 Å². The summed E-state index contributed by atoms with van der Waals surface area (Å²) in [4.78, 5) is 28.9. The lowest BCUT2D eigenvalue weighted by molar-refractivity contribution is 0.0947. The van der Waals surface area contributed by atoms with Crippen molar-refractivity contribution in [1.29, 1.82) is 0 Å². The van der Waals surface area contributed by atoms with Crippen molar-refractivity contribution in [2.45, 2.75) is 6.92 Å². The standard InChI is InChI=1S/C16H15N5O3/c1-3-7-17-16(23)14-19-13(11-6-4-5-8-21(11)14)15(22)18-12-9-10(2)24-20-12/h3-6,8-9H,1,7H2,2H3,(H,17,23)(H,18,20,22). The first-order valence-corrected chi connectivity index (χ1v) is 7.21. The molecule has 8 nitrogen and oxygen atoms in total. The van der Waals surface area contributed by atoms with E-state index in [9.17, 15) is 9.59 Å². The number of carbonyl (C=O) groups excluding carboxylic acids is 2. The number of carbonyl (C=O) groups is 2. The summed E-state index contributed by atoms with van der Waals surface area (Å²) in [5.41, 5.74) is 0.638. The number of anilines is 1. The third-order valence-corrected chi connectivity index (χ3v) is 3.24. The van der Waals surface area contributed by atoms with Crippen LogP contribution in [-0.2, 0) is 0 Å². The molecule has 0 spiro atoms. The van der Waals surface area contributed by atoms with Crippen LogP contribution in [0.4, 0.5) is 5.82 Å². The van der Waals surface area contributed by atoms with Gasteiger partial charge in [-0.15, -0.1) is 6.58 Å². The Hall–Kier alpha value is -3.42. The molecule has 3 rings (SSSR count). The highest BCUT2D eigenvalue weighted by molar-refractivity contribution is 6.08. The fraction of sp³-hybridized carbons (Fsp3) is 0.125. The summed E-state index contributed by atoms with van der Waals surface area (Å²) < 4.78 is 6.47. The molecule has 0 aliphatic rings. The maximum Gasteiger partial charge on any atom is 0.287 e. The third-order valence-electron chi connectivity index (χ3n) is 3.24. The Morgan fingerprint density at radius 2 is 2.21 bits per heavy atom. The minimum Gasteiger partial charge on any atom is -0.360 e. The van der Waals surface area contributed by atoms with Crippen LogP contribution in [0.3, 0.4) is 0 Å². The molecular formula is C16H15N5O3. The zero-order valence-corrected chi connectivity index (χ0v) is 12.9. The van der Waals surface area contributed by atoms with Crippen molar-refractivity contribution in [3.63, 3.8) is 0 Å². The van der Waals surface area contributed by atoms with Gasteiger partial charge in [0.05, 0.1) is 5.52 Å². The summed E-state index contributed by atoms with van der Waals surface area (Å²) in [6.07, 6.45) is 3.23. The van der Waals surface area contributed by atoms with Crippen LogP contribution in [0.15, 0.2) is 47.6 Å². The second-order valence-electron chi connectivity index (χ2n) is 5.02. The van der Waals surface area contributed by atoms with Crippen molar-refractivity contribution >= 4 is 23.1 Å². The Labute approximate surface area is 137 Å². The molecule has 0 atom stereocenters. The van der Waals surface area contributed by atoms with Gasteiger partial charge in [-0.3, -0.25) is 14.0 Å². The fourth-order valence-corrected chi connectivity index (χ4v) is 2.21. The first kappa shape index (κ1) is 15.5. The van der Waals surface area contributed by atoms with Gasteiger partial charge < -0.3 is 15.2 Å². The van der Waals surface area contributed by atoms with Crippen molar-refractivity contribution < 1.29 is 14.1 Å². The molecule has 0 saturated heterocycles. The Kier molecular flexibility index (Phi) is 4.11. The molecule has 0 saturated carbocycles. The normalized spacial score (nSPS) is 10.5. The predicted octanol–water partition coefficient (Wildman–Crippen LogP) is 1.80. The molecule has 0 aliphatic carbocycles. The van der Waals surface area contributed by atoms with Gasteiger partial charge in [-0.1, -0.05) is 17.3 Å². The maximum atomic E-state index is 12.5. The first-order chi connectivity index (χ1) is 11.6. The number of rotatable bonds is 5. The van der Waals surface area contributed by atoms with Gasteiger partial charge in [0.2, 0.25) is 5.82 Å². The van der Waals surface area contributed by atoms with Crippen LogP contribution < -0.4 is 10.6 Å². The van der Waals surface area contributed by atoms with Crippen LogP contribution in [0.2, 0.25) is 0 Å². The summed E-state index contributed by atoms with van der Waals surface area (Å²) >= 11 is 0. The van der Waals surface area contributed by atoms with E-state index in [0.29, 0.717) is 17.8 Å². The quantitative estimate of drug-likeness (QED) is 0.697. The second kappa shape index (κ2) is 6.37. The van der Waals surface area contributed by atoms with Gasteiger partial charge >= 0.3 is 0 Å². The maximum absolute atomic E-state index is 12.5. The van der Waals surface area contributed by atoms with Crippen molar-refractivity contribution in [2.75, 3.05) is 11.9 Å². The number of imidazole rings is 1. The van der Waals surface area contributed by atoms with Crippen molar-refractivity contribution in [2.24, 2.45) is 0 Å². The second-order valence-corrected chi connectivity index (χ2v) is 5.02. The molecule has 0 aromatic carbocycles. The molecule has 2 amide bonds. The van der Waals surface area contributed by atoms with E-state index in [0.717, 1.165) is 0 Å². The van der Waals surface area contributed by atoms with Gasteiger partial charge in [0.1, 0.15) is 5.76 Å². The van der Waals surface area contributed by atoms with E-state index in [-0.39, 0.29) is 17.3 Å². The van der Waals surface area contributed by atoms with E-state index in [1.807, 2.05) is 0 Å². The molecule has 3 aromatic rings. The molecule has 122 valence electrons. The summed E-state index contributed by atoms with van der Waals surface area (Å²) in [6.45, 7) is 5.57. The van der Waals surface area contributed by atoms with Crippen molar-refractivity contribution in [3.05, 3.63) is 60.4 Å². The molecule has 0 unspecified atom stereocenters. The minimum atomic E-state index is -0.477. The van der Waals surface area contributed by atoms with Crippen LogP contribution in [0.25, 0.3) is 5.52 Å². The van der Waals surface area contributed by atoms with Gasteiger partial charge in [0.15, 0.2) is 11.5 Å². The van der Waals surface area contributed by atoms with E-state index in [2.05, 4.69) is 27.4 Å². The smallest absolute Gasteiger partial charge is 0.287 e. The summed E-state index contributed by atoms with van der Waals surface area (Å²) in [6, 6.07) is 6.81. The number of aromatic nitrogens is 3. The van der Waals surface area contributed by atoms with E-state index in [1.165, 1.54) is 0 Å². The highest BCUT2D eigenvalue weighted by Crippen LogP contribution is 2.16. The minimum absolute atomic E-state index is 0.119. The average Bonchev–Trinajstić information content (AvgIpc) is 3.16. The lowest BCUT2D eigenvalue weighted by Gasteiger charge is -2.00. The molecule has 3 aromatic heterocycles. The van der Waals surface area contributed by atoms with E-state index in [1.54, 1.807) is 47.9 Å². The summed E-state index contributed by atoms with van der Waals surface area (Å²) in [5.74, 6) is 0.105. The highest BCUT2D eigenvalue weighted by atomic mass is 16.5. The van der Waals surface area contributed by atoms with Gasteiger partial charge in [0, 0.05) is 18.8 Å². The number of hydrogen-bond acceptors (Lipinski definition) is 5. The molecule has 24 heavy (non-hydrogen) atoms. The number of hydrogen-bond donors (Lipinski definition) is 2. The zero-order valence-electron chi connectivity index (χ0n) is 12.9. The number of aryl methyl sites for hydroxylation is 1. The monoisotopic (exact) mass is 325 g/mol. The summed E-state index contributed by atoms with van der Waals surface area (Å²) in [5, 5.41) is 8.96. The van der Waals surface area contributed by atoms with Gasteiger partial charge in [-0.2, -0.15) is 0 Å². The lowest BCUT2D eigenvalue weighted by Crippen LogP contribution is -2.25. The zero-order chi connectivity index (χ0) is 17.1. The Morgan fingerprint density at radius 3 is 2.92 bits per heavy atom. The Bertz CT molecular complexity index is 925.